The standard InChI is InChI=1S/C20H20N4O3/c1-27-17-8-3-2-7-15(17)18-21-19(23-22-18)20(26)24-10-9-13-5-4-6-14(12-25)16(13)11-24/h2-8,25H,9-12H2,1H3,(H,21,22,23). The quantitative estimate of drug-likeness (QED) is 0.740. The molecular formula is C20H20N4O3. The zero-order valence-electron chi connectivity index (χ0n) is 15.0. The van der Waals surface area contributed by atoms with Crippen LogP contribution in [0.4, 0.5) is 0 Å². The van der Waals surface area contributed by atoms with E-state index in [1.807, 2.05) is 42.5 Å². The molecule has 2 aromatic carbocycles. The lowest BCUT2D eigenvalue weighted by atomic mass is 9.95. The molecule has 0 aliphatic carbocycles. The van der Waals surface area contributed by atoms with Crippen molar-refractivity contribution in [1.29, 1.82) is 0 Å². The fraction of sp³-hybridized carbons (Fsp3) is 0.250. The number of nitrogens with zero attached hydrogens (tertiary/aromatic N) is 3. The first kappa shape index (κ1) is 17.2. The Kier molecular flexibility index (Phi) is 4.60. The van der Waals surface area contributed by atoms with E-state index in [9.17, 15) is 9.90 Å². The Morgan fingerprint density at radius 2 is 2.11 bits per heavy atom. The van der Waals surface area contributed by atoms with E-state index in [0.29, 0.717) is 24.7 Å². The molecule has 0 saturated carbocycles. The molecule has 4 rings (SSSR count). The normalized spacial score (nSPS) is 13.3. The van der Waals surface area contributed by atoms with Crippen molar-refractivity contribution in [3.05, 3.63) is 65.0 Å². The van der Waals surface area contributed by atoms with Crippen LogP contribution in [0, 0.1) is 0 Å². The van der Waals surface area contributed by atoms with Crippen LogP contribution in [0.3, 0.4) is 0 Å². The first-order chi connectivity index (χ1) is 13.2. The molecule has 3 aromatic rings. The Morgan fingerprint density at radius 1 is 1.26 bits per heavy atom. The minimum absolute atomic E-state index is 0.0362. The number of benzene rings is 2. The van der Waals surface area contributed by atoms with E-state index in [-0.39, 0.29) is 18.3 Å². The van der Waals surface area contributed by atoms with Crippen LogP contribution >= 0.6 is 0 Å². The Labute approximate surface area is 156 Å². The number of fused-ring (bicyclic) bond motifs is 1. The molecule has 1 aromatic heterocycles. The van der Waals surface area contributed by atoms with Crippen molar-refractivity contribution >= 4 is 5.91 Å². The number of carbonyl (C=O) groups is 1. The molecule has 2 N–H and O–H groups in total. The summed E-state index contributed by atoms with van der Waals surface area (Å²) in [6, 6.07) is 13.3. The maximum atomic E-state index is 12.9. The van der Waals surface area contributed by atoms with E-state index >= 15 is 0 Å². The molecular weight excluding hydrogens is 344 g/mol. The number of carbonyl (C=O) groups excluding carboxylic acids is 1. The SMILES string of the molecule is COc1ccccc1-c1n[nH]c(C(=O)N2CCc3cccc(CO)c3C2)n1. The number of aromatic amines is 1. The van der Waals surface area contributed by atoms with E-state index in [2.05, 4.69) is 15.2 Å². The summed E-state index contributed by atoms with van der Waals surface area (Å²) in [5.41, 5.74) is 3.78. The van der Waals surface area contributed by atoms with Gasteiger partial charge in [-0.15, -0.1) is 0 Å². The Bertz CT molecular complexity index is 969. The molecule has 1 amide bonds. The summed E-state index contributed by atoms with van der Waals surface area (Å²) in [6.07, 6.45) is 0.752. The van der Waals surface area contributed by atoms with Crippen molar-refractivity contribution in [2.75, 3.05) is 13.7 Å². The molecule has 0 radical (unpaired) electrons. The number of H-pyrrole nitrogens is 1. The van der Waals surface area contributed by atoms with E-state index in [1.165, 1.54) is 5.56 Å². The zero-order valence-corrected chi connectivity index (χ0v) is 15.0. The van der Waals surface area contributed by atoms with Crippen LogP contribution in [0.1, 0.15) is 27.3 Å². The fourth-order valence-electron chi connectivity index (χ4n) is 3.43. The van der Waals surface area contributed by atoms with E-state index < -0.39 is 0 Å². The molecule has 0 unspecified atom stereocenters. The summed E-state index contributed by atoms with van der Waals surface area (Å²) in [5, 5.41) is 16.5. The smallest absolute Gasteiger partial charge is 0.291 e. The molecule has 0 bridgehead atoms. The molecule has 2 heterocycles. The van der Waals surface area contributed by atoms with Crippen molar-refractivity contribution in [2.24, 2.45) is 0 Å². The molecule has 1 aliphatic rings. The van der Waals surface area contributed by atoms with Gasteiger partial charge in [0.05, 0.1) is 19.3 Å². The Morgan fingerprint density at radius 3 is 2.93 bits per heavy atom. The van der Waals surface area contributed by atoms with Gasteiger partial charge in [-0.05, 0) is 35.2 Å². The highest BCUT2D eigenvalue weighted by atomic mass is 16.5. The highest BCUT2D eigenvalue weighted by molar-refractivity contribution is 5.91. The summed E-state index contributed by atoms with van der Waals surface area (Å²) in [7, 11) is 1.58. The monoisotopic (exact) mass is 364 g/mol. The van der Waals surface area contributed by atoms with Crippen LogP contribution in [0.2, 0.25) is 0 Å². The van der Waals surface area contributed by atoms with Crippen molar-refractivity contribution in [1.82, 2.24) is 20.1 Å². The van der Waals surface area contributed by atoms with Crippen LogP contribution in [0.25, 0.3) is 11.4 Å². The molecule has 138 valence electrons. The lowest BCUT2D eigenvalue weighted by Crippen LogP contribution is -2.37. The molecule has 0 fully saturated rings. The largest absolute Gasteiger partial charge is 0.496 e. The Hall–Kier alpha value is -3.19. The Balaban J connectivity index is 1.59. The highest BCUT2D eigenvalue weighted by Crippen LogP contribution is 2.27. The van der Waals surface area contributed by atoms with Crippen LogP contribution in [-0.2, 0) is 19.6 Å². The third-order valence-electron chi connectivity index (χ3n) is 4.86. The molecule has 0 atom stereocenters. The van der Waals surface area contributed by atoms with Crippen LogP contribution < -0.4 is 4.74 Å². The van der Waals surface area contributed by atoms with Gasteiger partial charge >= 0.3 is 0 Å². The van der Waals surface area contributed by atoms with Gasteiger partial charge in [-0.1, -0.05) is 30.3 Å². The van der Waals surface area contributed by atoms with Gasteiger partial charge in [-0.2, -0.15) is 5.10 Å². The molecule has 0 saturated heterocycles. The van der Waals surface area contributed by atoms with Gasteiger partial charge in [-0.25, -0.2) is 4.98 Å². The van der Waals surface area contributed by atoms with Gasteiger partial charge in [0.25, 0.3) is 5.91 Å². The summed E-state index contributed by atoms with van der Waals surface area (Å²) < 4.78 is 5.34. The molecule has 7 nitrogen and oxygen atoms in total. The number of rotatable bonds is 4. The summed E-state index contributed by atoms with van der Waals surface area (Å²) >= 11 is 0. The third-order valence-corrected chi connectivity index (χ3v) is 4.86. The molecule has 0 spiro atoms. The van der Waals surface area contributed by atoms with E-state index in [0.717, 1.165) is 23.1 Å². The second kappa shape index (κ2) is 7.20. The molecule has 7 heteroatoms. The number of para-hydroxylation sites is 1. The number of aliphatic hydroxyl groups is 1. The number of methoxy groups -OCH3 is 1. The summed E-state index contributed by atoms with van der Waals surface area (Å²) in [4.78, 5) is 19.0. The van der Waals surface area contributed by atoms with Crippen LogP contribution in [0.5, 0.6) is 5.75 Å². The van der Waals surface area contributed by atoms with Gasteiger partial charge in [0.1, 0.15) is 5.75 Å². The van der Waals surface area contributed by atoms with Crippen LogP contribution in [-0.4, -0.2) is 44.7 Å². The predicted octanol–water partition coefficient (Wildman–Crippen LogP) is 2.17. The topological polar surface area (TPSA) is 91.3 Å². The number of aliphatic hydroxyl groups excluding tert-OH is 1. The maximum absolute atomic E-state index is 12.9. The number of nitrogens with one attached hydrogen (secondary N) is 1. The zero-order chi connectivity index (χ0) is 18.8. The first-order valence-corrected chi connectivity index (χ1v) is 8.77. The second-order valence-corrected chi connectivity index (χ2v) is 6.40. The average Bonchev–Trinajstić information content (AvgIpc) is 3.22. The maximum Gasteiger partial charge on any atom is 0.291 e. The van der Waals surface area contributed by atoms with Gasteiger partial charge in [0.15, 0.2) is 5.82 Å². The predicted molar refractivity (Wildman–Crippen MR) is 99.2 cm³/mol. The van der Waals surface area contributed by atoms with E-state index in [1.54, 1.807) is 12.0 Å². The average molecular weight is 364 g/mol. The van der Waals surface area contributed by atoms with Crippen molar-refractivity contribution in [3.63, 3.8) is 0 Å². The lowest BCUT2D eigenvalue weighted by molar-refractivity contribution is 0.0721. The number of amides is 1. The first-order valence-electron chi connectivity index (χ1n) is 8.77. The van der Waals surface area contributed by atoms with Crippen molar-refractivity contribution in [2.45, 2.75) is 19.6 Å². The number of hydrogen-bond donors (Lipinski definition) is 2. The van der Waals surface area contributed by atoms with Gasteiger partial charge < -0.3 is 14.7 Å². The number of ether oxygens (including phenoxy) is 1. The third kappa shape index (κ3) is 3.17. The minimum Gasteiger partial charge on any atom is -0.496 e. The minimum atomic E-state index is -0.206. The second-order valence-electron chi connectivity index (χ2n) is 6.40. The van der Waals surface area contributed by atoms with Crippen molar-refractivity contribution in [3.8, 4) is 17.1 Å². The van der Waals surface area contributed by atoms with E-state index in [4.69, 9.17) is 4.74 Å². The number of aromatic nitrogens is 3. The molecule has 27 heavy (non-hydrogen) atoms. The van der Waals surface area contributed by atoms with Crippen LogP contribution in [0.15, 0.2) is 42.5 Å². The summed E-state index contributed by atoms with van der Waals surface area (Å²) in [5.74, 6) is 1.06. The van der Waals surface area contributed by atoms with Gasteiger partial charge in [0, 0.05) is 13.1 Å². The fourth-order valence-corrected chi connectivity index (χ4v) is 3.43. The van der Waals surface area contributed by atoms with Gasteiger partial charge in [-0.3, -0.25) is 9.89 Å². The number of hydrogen-bond acceptors (Lipinski definition) is 5. The highest BCUT2D eigenvalue weighted by Gasteiger charge is 2.26. The van der Waals surface area contributed by atoms with Gasteiger partial charge in [0.2, 0.25) is 5.82 Å². The van der Waals surface area contributed by atoms with Crippen molar-refractivity contribution < 1.29 is 14.6 Å². The molecule has 1 aliphatic heterocycles. The lowest BCUT2D eigenvalue weighted by Gasteiger charge is -2.29. The summed E-state index contributed by atoms with van der Waals surface area (Å²) in [6.45, 7) is 1.02.